The van der Waals surface area contributed by atoms with Gasteiger partial charge in [0.15, 0.2) is 0 Å². The Morgan fingerprint density at radius 3 is 2.20 bits per heavy atom. The molecular weight excluding hydrogens is 382 g/mol. The molecule has 0 aromatic heterocycles. The van der Waals surface area contributed by atoms with Gasteiger partial charge in [-0.3, -0.25) is 24.1 Å². The summed E-state index contributed by atoms with van der Waals surface area (Å²) in [5, 5.41) is 2.85. The number of hydrogen-bond acceptors (Lipinski definition) is 4. The first-order valence-electron chi connectivity index (χ1n) is 10.2. The summed E-state index contributed by atoms with van der Waals surface area (Å²) in [4.78, 5) is 51.6. The summed E-state index contributed by atoms with van der Waals surface area (Å²) in [7, 11) is 0. The maximum atomic E-state index is 12.3. The Hall–Kier alpha value is -3.48. The lowest BCUT2D eigenvalue weighted by Gasteiger charge is -2.16. The van der Waals surface area contributed by atoms with E-state index in [9.17, 15) is 19.2 Å². The fourth-order valence-corrected chi connectivity index (χ4v) is 3.84. The van der Waals surface area contributed by atoms with Crippen molar-refractivity contribution in [1.82, 2.24) is 10.2 Å². The zero-order valence-corrected chi connectivity index (χ0v) is 16.6. The number of carbonyl (C=O) groups is 4. The molecule has 2 heterocycles. The predicted octanol–water partition coefficient (Wildman–Crippen LogP) is 2.51. The maximum Gasteiger partial charge on any atom is 0.261 e. The second-order valence-corrected chi connectivity index (χ2v) is 7.50. The number of benzene rings is 2. The highest BCUT2D eigenvalue weighted by Crippen LogP contribution is 2.23. The van der Waals surface area contributed by atoms with Crippen molar-refractivity contribution in [3.8, 4) is 0 Å². The van der Waals surface area contributed by atoms with E-state index in [1.54, 1.807) is 29.2 Å². The molecule has 0 aliphatic carbocycles. The summed E-state index contributed by atoms with van der Waals surface area (Å²) < 4.78 is 0. The van der Waals surface area contributed by atoms with E-state index in [-0.39, 0.29) is 36.6 Å². The summed E-state index contributed by atoms with van der Waals surface area (Å²) in [6, 6.07) is 14.4. The van der Waals surface area contributed by atoms with Gasteiger partial charge in [-0.15, -0.1) is 0 Å². The van der Waals surface area contributed by atoms with Gasteiger partial charge in [-0.05, 0) is 42.7 Å². The third kappa shape index (κ3) is 3.96. The molecule has 30 heavy (non-hydrogen) atoms. The Kier molecular flexibility index (Phi) is 5.61. The molecule has 0 atom stereocenters. The van der Waals surface area contributed by atoms with Gasteiger partial charge in [0, 0.05) is 38.2 Å². The number of amides is 4. The fraction of sp³-hybridized carbons (Fsp3) is 0.304. The van der Waals surface area contributed by atoms with Crippen molar-refractivity contribution >= 4 is 29.3 Å². The fourth-order valence-electron chi connectivity index (χ4n) is 3.84. The van der Waals surface area contributed by atoms with Gasteiger partial charge in [-0.1, -0.05) is 24.3 Å². The SMILES string of the molecule is O=C(CCCN1C(=O)c2ccccc2C1=O)NCc1ccc(N2CCCC2=O)cc1. The first-order chi connectivity index (χ1) is 14.5. The maximum absolute atomic E-state index is 12.3. The number of imide groups is 1. The molecule has 1 fully saturated rings. The van der Waals surface area contributed by atoms with E-state index in [4.69, 9.17) is 0 Å². The quantitative estimate of drug-likeness (QED) is 0.717. The molecule has 1 saturated heterocycles. The summed E-state index contributed by atoms with van der Waals surface area (Å²) >= 11 is 0. The van der Waals surface area contributed by atoms with Crippen LogP contribution in [0.2, 0.25) is 0 Å². The summed E-state index contributed by atoms with van der Waals surface area (Å²) in [5.74, 6) is -0.584. The summed E-state index contributed by atoms with van der Waals surface area (Å²) in [6.45, 7) is 1.36. The Morgan fingerprint density at radius 1 is 0.933 bits per heavy atom. The molecule has 4 amide bonds. The standard InChI is InChI=1S/C23H23N3O4/c27-20(7-3-14-26-22(29)18-5-1-2-6-19(18)23(26)30)24-15-16-9-11-17(12-10-16)25-13-4-8-21(25)28/h1-2,5-6,9-12H,3-4,7-8,13-15H2,(H,24,27). The van der Waals surface area contributed by atoms with Crippen LogP contribution in [-0.2, 0) is 16.1 Å². The number of fused-ring (bicyclic) bond motifs is 1. The predicted molar refractivity (Wildman–Crippen MR) is 111 cm³/mol. The molecule has 154 valence electrons. The van der Waals surface area contributed by atoms with Crippen LogP contribution in [-0.4, -0.2) is 41.6 Å². The molecule has 1 N–H and O–H groups in total. The van der Waals surface area contributed by atoms with Gasteiger partial charge in [0.1, 0.15) is 0 Å². The molecule has 2 aromatic carbocycles. The Morgan fingerprint density at radius 2 is 1.60 bits per heavy atom. The highest BCUT2D eigenvalue weighted by atomic mass is 16.2. The van der Waals surface area contributed by atoms with Crippen LogP contribution in [0.4, 0.5) is 5.69 Å². The van der Waals surface area contributed by atoms with Gasteiger partial charge in [0.25, 0.3) is 11.8 Å². The third-order valence-corrected chi connectivity index (χ3v) is 5.47. The van der Waals surface area contributed by atoms with Crippen LogP contribution >= 0.6 is 0 Å². The number of rotatable bonds is 7. The van der Waals surface area contributed by atoms with E-state index in [1.807, 2.05) is 24.3 Å². The molecule has 0 bridgehead atoms. The number of nitrogens with zero attached hydrogens (tertiary/aromatic N) is 2. The normalized spacial score (nSPS) is 15.7. The molecule has 7 nitrogen and oxygen atoms in total. The van der Waals surface area contributed by atoms with E-state index in [1.165, 1.54) is 4.90 Å². The topological polar surface area (TPSA) is 86.8 Å². The first-order valence-corrected chi connectivity index (χ1v) is 10.2. The van der Waals surface area contributed by atoms with Crippen molar-refractivity contribution in [3.63, 3.8) is 0 Å². The first kappa shape index (κ1) is 19.8. The van der Waals surface area contributed by atoms with Crippen LogP contribution in [0.5, 0.6) is 0 Å². The zero-order valence-electron chi connectivity index (χ0n) is 16.6. The van der Waals surface area contributed by atoms with Crippen LogP contribution in [0.15, 0.2) is 48.5 Å². The molecule has 0 saturated carbocycles. The van der Waals surface area contributed by atoms with E-state index in [0.29, 0.717) is 30.5 Å². The molecular formula is C23H23N3O4. The third-order valence-electron chi connectivity index (χ3n) is 5.47. The molecule has 2 aliphatic rings. The van der Waals surface area contributed by atoms with Crippen molar-refractivity contribution in [2.45, 2.75) is 32.2 Å². The molecule has 0 radical (unpaired) electrons. The largest absolute Gasteiger partial charge is 0.352 e. The monoisotopic (exact) mass is 405 g/mol. The minimum atomic E-state index is -0.299. The molecule has 2 aromatic rings. The molecule has 0 unspecified atom stereocenters. The van der Waals surface area contributed by atoms with Gasteiger partial charge >= 0.3 is 0 Å². The zero-order chi connectivity index (χ0) is 21.1. The molecule has 0 spiro atoms. The van der Waals surface area contributed by atoms with Crippen LogP contribution in [0.1, 0.15) is 52.0 Å². The summed E-state index contributed by atoms with van der Waals surface area (Å²) in [5.41, 5.74) is 2.67. The van der Waals surface area contributed by atoms with E-state index < -0.39 is 0 Å². The Labute approximate surface area is 174 Å². The average Bonchev–Trinajstić information content (AvgIpc) is 3.29. The smallest absolute Gasteiger partial charge is 0.261 e. The lowest BCUT2D eigenvalue weighted by Crippen LogP contribution is -2.32. The molecule has 2 aliphatic heterocycles. The summed E-state index contributed by atoms with van der Waals surface area (Å²) in [6.07, 6.45) is 2.12. The van der Waals surface area contributed by atoms with Crippen molar-refractivity contribution in [3.05, 3.63) is 65.2 Å². The van der Waals surface area contributed by atoms with Gasteiger partial charge < -0.3 is 10.2 Å². The lowest BCUT2D eigenvalue weighted by molar-refractivity contribution is -0.121. The number of anilines is 1. The minimum absolute atomic E-state index is 0.134. The van der Waals surface area contributed by atoms with Crippen LogP contribution in [0.25, 0.3) is 0 Å². The second-order valence-electron chi connectivity index (χ2n) is 7.50. The Balaban J connectivity index is 1.22. The number of carbonyl (C=O) groups excluding carboxylic acids is 4. The van der Waals surface area contributed by atoms with E-state index >= 15 is 0 Å². The van der Waals surface area contributed by atoms with Gasteiger partial charge in [-0.2, -0.15) is 0 Å². The number of nitrogens with one attached hydrogen (secondary N) is 1. The van der Waals surface area contributed by atoms with Gasteiger partial charge in [0.2, 0.25) is 11.8 Å². The average molecular weight is 405 g/mol. The van der Waals surface area contributed by atoms with Gasteiger partial charge in [0.05, 0.1) is 11.1 Å². The highest BCUT2D eigenvalue weighted by molar-refractivity contribution is 6.21. The highest BCUT2D eigenvalue weighted by Gasteiger charge is 2.34. The van der Waals surface area contributed by atoms with Gasteiger partial charge in [-0.25, -0.2) is 0 Å². The Bertz CT molecular complexity index is 965. The number of hydrogen-bond donors (Lipinski definition) is 1. The second kappa shape index (κ2) is 8.49. The van der Waals surface area contributed by atoms with Crippen LogP contribution < -0.4 is 10.2 Å². The van der Waals surface area contributed by atoms with Crippen LogP contribution in [0.3, 0.4) is 0 Å². The molecule has 4 rings (SSSR count). The van der Waals surface area contributed by atoms with Crippen molar-refractivity contribution in [1.29, 1.82) is 0 Å². The molecule has 7 heteroatoms. The van der Waals surface area contributed by atoms with Crippen molar-refractivity contribution in [2.75, 3.05) is 18.0 Å². The minimum Gasteiger partial charge on any atom is -0.352 e. The van der Waals surface area contributed by atoms with Crippen molar-refractivity contribution < 1.29 is 19.2 Å². The van der Waals surface area contributed by atoms with E-state index in [2.05, 4.69) is 5.32 Å². The van der Waals surface area contributed by atoms with Crippen LogP contribution in [0, 0.1) is 0 Å². The lowest BCUT2D eigenvalue weighted by atomic mass is 10.1. The van der Waals surface area contributed by atoms with E-state index in [0.717, 1.165) is 24.2 Å². The van der Waals surface area contributed by atoms with Crippen molar-refractivity contribution in [2.24, 2.45) is 0 Å².